The highest BCUT2D eigenvalue weighted by Gasteiger charge is 2.46. The fraction of sp³-hybridized carbons (Fsp3) is 0.500. The summed E-state index contributed by atoms with van der Waals surface area (Å²) in [5.41, 5.74) is -0.344. The summed E-state index contributed by atoms with van der Waals surface area (Å²) in [5, 5.41) is 19.7. The zero-order valence-corrected chi connectivity index (χ0v) is 15.1. The number of amides is 2. The molecule has 0 spiro atoms. The Morgan fingerprint density at radius 3 is 2.60 bits per heavy atom. The van der Waals surface area contributed by atoms with Crippen molar-refractivity contribution < 1.29 is 19.5 Å². The first-order chi connectivity index (χ1) is 11.7. The van der Waals surface area contributed by atoms with Crippen LogP contribution in [-0.2, 0) is 16.6 Å². The SMILES string of the molecule is Cc1nn(C)c2sc(C(=O)NC(C)C(=O)NC3(C(=O)O)CCC3)cc12. The summed E-state index contributed by atoms with van der Waals surface area (Å²) < 4.78 is 1.72. The Balaban J connectivity index is 1.68. The molecule has 2 aromatic heterocycles. The third-order valence-electron chi connectivity index (χ3n) is 4.64. The number of carboxylic acid groups (broad SMARTS) is 1. The van der Waals surface area contributed by atoms with E-state index in [9.17, 15) is 19.5 Å². The number of aliphatic carboxylic acids is 1. The molecule has 1 unspecified atom stereocenters. The summed E-state index contributed by atoms with van der Waals surface area (Å²) in [6, 6.07) is 0.932. The van der Waals surface area contributed by atoms with Crippen molar-refractivity contribution >= 4 is 39.3 Å². The van der Waals surface area contributed by atoms with Crippen LogP contribution in [0.5, 0.6) is 0 Å². The second kappa shape index (κ2) is 6.14. The van der Waals surface area contributed by atoms with E-state index >= 15 is 0 Å². The second-order valence-electron chi connectivity index (χ2n) is 6.46. The monoisotopic (exact) mass is 364 g/mol. The fourth-order valence-corrected chi connectivity index (χ4v) is 3.94. The zero-order valence-electron chi connectivity index (χ0n) is 14.3. The standard InChI is InChI=1S/C16H20N4O4S/c1-8-10-7-11(25-14(10)20(3)19-8)13(22)17-9(2)12(21)18-16(15(23)24)5-4-6-16/h7,9H,4-6H2,1-3H3,(H,17,22)(H,18,21)(H,23,24). The van der Waals surface area contributed by atoms with E-state index in [0.717, 1.165) is 22.3 Å². The number of hydrogen-bond acceptors (Lipinski definition) is 5. The van der Waals surface area contributed by atoms with Gasteiger partial charge >= 0.3 is 5.97 Å². The van der Waals surface area contributed by atoms with Gasteiger partial charge in [-0.2, -0.15) is 5.10 Å². The van der Waals surface area contributed by atoms with Crippen molar-refractivity contribution in [1.29, 1.82) is 0 Å². The molecule has 25 heavy (non-hydrogen) atoms. The third kappa shape index (κ3) is 2.99. The van der Waals surface area contributed by atoms with Crippen molar-refractivity contribution in [3.05, 3.63) is 16.6 Å². The number of nitrogens with one attached hydrogen (secondary N) is 2. The first-order valence-electron chi connectivity index (χ1n) is 8.03. The van der Waals surface area contributed by atoms with Crippen LogP contribution in [0.3, 0.4) is 0 Å². The molecule has 0 aromatic carbocycles. The van der Waals surface area contributed by atoms with E-state index in [0.29, 0.717) is 17.7 Å². The smallest absolute Gasteiger partial charge is 0.329 e. The predicted molar refractivity (Wildman–Crippen MR) is 92.6 cm³/mol. The molecule has 0 radical (unpaired) electrons. The minimum absolute atomic E-state index is 0.360. The number of fused-ring (bicyclic) bond motifs is 1. The summed E-state index contributed by atoms with van der Waals surface area (Å²) in [7, 11) is 1.81. The van der Waals surface area contributed by atoms with E-state index < -0.39 is 23.5 Å². The Morgan fingerprint density at radius 2 is 2.08 bits per heavy atom. The predicted octanol–water partition coefficient (Wildman–Crippen LogP) is 1.19. The van der Waals surface area contributed by atoms with Crippen molar-refractivity contribution in [3.8, 4) is 0 Å². The molecule has 1 aliphatic rings. The molecule has 1 saturated carbocycles. The lowest BCUT2D eigenvalue weighted by Gasteiger charge is -2.38. The van der Waals surface area contributed by atoms with Gasteiger partial charge < -0.3 is 15.7 Å². The highest BCUT2D eigenvalue weighted by atomic mass is 32.1. The average Bonchev–Trinajstić information content (AvgIpc) is 3.04. The Morgan fingerprint density at radius 1 is 1.40 bits per heavy atom. The van der Waals surface area contributed by atoms with Crippen molar-refractivity contribution in [2.24, 2.45) is 7.05 Å². The van der Waals surface area contributed by atoms with Crippen molar-refractivity contribution in [3.63, 3.8) is 0 Å². The highest BCUT2D eigenvalue weighted by molar-refractivity contribution is 7.20. The molecule has 2 amide bonds. The fourth-order valence-electron chi connectivity index (χ4n) is 2.92. The number of nitrogens with zero attached hydrogens (tertiary/aromatic N) is 2. The van der Waals surface area contributed by atoms with E-state index in [1.54, 1.807) is 17.7 Å². The van der Waals surface area contributed by atoms with Crippen LogP contribution in [0.25, 0.3) is 10.2 Å². The van der Waals surface area contributed by atoms with Crippen LogP contribution < -0.4 is 10.6 Å². The Kier molecular flexibility index (Phi) is 4.28. The molecule has 1 aliphatic carbocycles. The van der Waals surface area contributed by atoms with E-state index in [-0.39, 0.29) is 5.91 Å². The first kappa shape index (κ1) is 17.4. The zero-order chi connectivity index (χ0) is 18.4. The van der Waals surface area contributed by atoms with Crippen LogP contribution >= 0.6 is 11.3 Å². The minimum Gasteiger partial charge on any atom is -0.480 e. The molecule has 134 valence electrons. The summed E-state index contributed by atoms with van der Waals surface area (Å²) in [4.78, 5) is 37.4. The summed E-state index contributed by atoms with van der Waals surface area (Å²) in [5.74, 6) is -1.88. The number of rotatable bonds is 5. The maximum Gasteiger partial charge on any atom is 0.329 e. The first-order valence-corrected chi connectivity index (χ1v) is 8.84. The molecule has 2 heterocycles. The highest BCUT2D eigenvalue weighted by Crippen LogP contribution is 2.32. The molecule has 8 nitrogen and oxygen atoms in total. The molecule has 0 aliphatic heterocycles. The lowest BCUT2D eigenvalue weighted by atomic mass is 9.76. The Labute approximate surface area is 148 Å². The van der Waals surface area contributed by atoms with Crippen molar-refractivity contribution in [2.45, 2.75) is 44.7 Å². The van der Waals surface area contributed by atoms with Crippen molar-refractivity contribution in [2.75, 3.05) is 0 Å². The summed E-state index contributed by atoms with van der Waals surface area (Å²) in [6.07, 6.45) is 1.59. The third-order valence-corrected chi connectivity index (χ3v) is 5.84. The molecule has 0 saturated heterocycles. The van der Waals surface area contributed by atoms with E-state index in [4.69, 9.17) is 0 Å². The van der Waals surface area contributed by atoms with E-state index in [1.807, 2.05) is 14.0 Å². The molecule has 3 rings (SSSR count). The van der Waals surface area contributed by atoms with E-state index in [2.05, 4.69) is 15.7 Å². The van der Waals surface area contributed by atoms with Crippen LogP contribution in [0.1, 0.15) is 41.6 Å². The Hall–Kier alpha value is -2.42. The molecule has 9 heteroatoms. The molecule has 3 N–H and O–H groups in total. The van der Waals surface area contributed by atoms with Gasteiger partial charge in [-0.05, 0) is 39.2 Å². The van der Waals surface area contributed by atoms with Crippen LogP contribution in [0.2, 0.25) is 0 Å². The lowest BCUT2D eigenvalue weighted by molar-refractivity contribution is -0.152. The van der Waals surface area contributed by atoms with Crippen LogP contribution in [0, 0.1) is 6.92 Å². The molecule has 1 fully saturated rings. The van der Waals surface area contributed by atoms with Crippen LogP contribution in [0.15, 0.2) is 6.07 Å². The minimum atomic E-state index is -1.18. The van der Waals surface area contributed by atoms with Crippen LogP contribution in [-0.4, -0.2) is 44.3 Å². The van der Waals surface area contributed by atoms with Gasteiger partial charge in [0.2, 0.25) is 5.91 Å². The average molecular weight is 364 g/mol. The van der Waals surface area contributed by atoms with Gasteiger partial charge in [-0.3, -0.25) is 14.3 Å². The quantitative estimate of drug-likeness (QED) is 0.737. The topological polar surface area (TPSA) is 113 Å². The van der Waals surface area contributed by atoms with Gasteiger partial charge in [0.05, 0.1) is 10.6 Å². The summed E-state index contributed by atoms with van der Waals surface area (Å²) >= 11 is 1.30. The lowest BCUT2D eigenvalue weighted by Crippen LogP contribution is -2.62. The number of hydrogen-bond donors (Lipinski definition) is 3. The van der Waals surface area contributed by atoms with E-state index in [1.165, 1.54) is 11.3 Å². The number of carboxylic acids is 1. The normalized spacial score (nSPS) is 16.9. The van der Waals surface area contributed by atoms with Gasteiger partial charge in [-0.1, -0.05) is 0 Å². The van der Waals surface area contributed by atoms with Gasteiger partial charge in [0.15, 0.2) is 0 Å². The van der Waals surface area contributed by atoms with Crippen molar-refractivity contribution in [1.82, 2.24) is 20.4 Å². The molecule has 1 atom stereocenters. The molecule has 2 aromatic rings. The van der Waals surface area contributed by atoms with Gasteiger partial charge in [0.1, 0.15) is 16.4 Å². The van der Waals surface area contributed by atoms with Gasteiger partial charge in [0, 0.05) is 12.4 Å². The Bertz CT molecular complexity index is 830. The van der Waals surface area contributed by atoms with Gasteiger partial charge in [-0.15, -0.1) is 11.3 Å². The number of thiophene rings is 1. The number of aromatic nitrogens is 2. The van der Waals surface area contributed by atoms with Crippen LogP contribution in [0.4, 0.5) is 0 Å². The molecular weight excluding hydrogens is 344 g/mol. The van der Waals surface area contributed by atoms with Gasteiger partial charge in [0.25, 0.3) is 5.91 Å². The summed E-state index contributed by atoms with van der Waals surface area (Å²) in [6.45, 7) is 3.42. The number of aryl methyl sites for hydroxylation is 2. The number of carbonyl (C=O) groups is 3. The largest absolute Gasteiger partial charge is 0.480 e. The maximum absolute atomic E-state index is 12.4. The van der Waals surface area contributed by atoms with Gasteiger partial charge in [-0.25, -0.2) is 4.79 Å². The maximum atomic E-state index is 12.4. The molecular formula is C16H20N4O4S. The molecule has 0 bridgehead atoms. The number of carbonyl (C=O) groups excluding carboxylic acids is 2. The second-order valence-corrected chi connectivity index (χ2v) is 7.49.